The maximum atomic E-state index is 6.71. The summed E-state index contributed by atoms with van der Waals surface area (Å²) in [5.74, 6) is 0.695. The highest BCUT2D eigenvalue weighted by atomic mass is 16.3. The van der Waals surface area contributed by atoms with Gasteiger partial charge in [0.25, 0.3) is 0 Å². The highest BCUT2D eigenvalue weighted by molar-refractivity contribution is 6.19. The molecule has 0 saturated carbocycles. The highest BCUT2D eigenvalue weighted by Gasteiger charge is 2.20. The fraction of sp³-hybridized carbons (Fsp3) is 0. The van der Waals surface area contributed by atoms with Gasteiger partial charge in [0.1, 0.15) is 11.2 Å². The Morgan fingerprint density at radius 3 is 1.76 bits per heavy atom. The van der Waals surface area contributed by atoms with Crippen molar-refractivity contribution in [3.63, 3.8) is 0 Å². The molecule has 9 aromatic rings. The molecule has 0 aliphatic carbocycles. The predicted molar refractivity (Wildman–Crippen MR) is 190 cm³/mol. The van der Waals surface area contributed by atoms with E-state index in [0.717, 1.165) is 77.5 Å². The Balaban J connectivity index is 1.28. The van der Waals surface area contributed by atoms with Gasteiger partial charge in [-0.3, -0.25) is 0 Å². The molecule has 9 rings (SSSR count). The van der Waals surface area contributed by atoms with Crippen molar-refractivity contribution in [1.82, 2.24) is 9.97 Å². The molecular weight excluding hydrogens is 562 g/mol. The molecule has 216 valence electrons. The van der Waals surface area contributed by atoms with E-state index in [4.69, 9.17) is 14.4 Å². The quantitative estimate of drug-likeness (QED) is 0.200. The van der Waals surface area contributed by atoms with E-state index in [-0.39, 0.29) is 0 Å². The van der Waals surface area contributed by atoms with Crippen molar-refractivity contribution in [1.29, 1.82) is 0 Å². The van der Waals surface area contributed by atoms with Gasteiger partial charge in [-0.05, 0) is 53.9 Å². The number of aromatic nitrogens is 2. The molecule has 0 bridgehead atoms. The second kappa shape index (κ2) is 10.7. The third-order valence-corrected chi connectivity index (χ3v) is 8.64. The maximum absolute atomic E-state index is 6.71. The van der Waals surface area contributed by atoms with E-state index in [9.17, 15) is 0 Å². The van der Waals surface area contributed by atoms with Crippen LogP contribution in [0.5, 0.6) is 0 Å². The topological polar surface area (TPSA) is 42.2 Å². The van der Waals surface area contributed by atoms with Crippen molar-refractivity contribution in [3.8, 4) is 22.6 Å². The van der Waals surface area contributed by atoms with Crippen molar-refractivity contribution >= 4 is 60.7 Å². The highest BCUT2D eigenvalue weighted by Crippen LogP contribution is 2.42. The molecule has 4 nitrogen and oxygen atoms in total. The molecule has 46 heavy (non-hydrogen) atoms. The zero-order valence-corrected chi connectivity index (χ0v) is 24.8. The minimum atomic E-state index is 0.695. The molecule has 2 aromatic heterocycles. The number of hydrogen-bond acceptors (Lipinski definition) is 4. The van der Waals surface area contributed by atoms with Crippen molar-refractivity contribution in [2.75, 3.05) is 4.90 Å². The van der Waals surface area contributed by atoms with Crippen molar-refractivity contribution in [2.45, 2.75) is 0 Å². The molecule has 4 heteroatoms. The summed E-state index contributed by atoms with van der Waals surface area (Å²) >= 11 is 0. The first kappa shape index (κ1) is 26.2. The molecule has 0 saturated heterocycles. The van der Waals surface area contributed by atoms with Crippen LogP contribution in [-0.2, 0) is 0 Å². The van der Waals surface area contributed by atoms with Gasteiger partial charge in [-0.2, -0.15) is 0 Å². The van der Waals surface area contributed by atoms with Crippen LogP contribution in [0.25, 0.3) is 66.3 Å². The summed E-state index contributed by atoms with van der Waals surface area (Å²) in [4.78, 5) is 12.6. The van der Waals surface area contributed by atoms with Crippen molar-refractivity contribution in [2.24, 2.45) is 0 Å². The molecule has 0 aliphatic rings. The Morgan fingerprint density at radius 2 is 1.04 bits per heavy atom. The number of rotatable bonds is 5. The fourth-order valence-electron chi connectivity index (χ4n) is 6.53. The minimum Gasteiger partial charge on any atom is -0.455 e. The van der Waals surface area contributed by atoms with E-state index in [1.807, 2.05) is 30.3 Å². The SMILES string of the molecule is c1ccc(-c2nc(-c3cc4c5ccc(N(c6ccccc6)c6ccccc6)cc5oc4c4ccccc34)nc3ccccc23)cc1. The minimum absolute atomic E-state index is 0.695. The van der Waals surface area contributed by atoms with Gasteiger partial charge in [-0.25, -0.2) is 9.97 Å². The number of hydrogen-bond donors (Lipinski definition) is 0. The smallest absolute Gasteiger partial charge is 0.161 e. The molecular formula is C42H27N3O. The number of anilines is 3. The standard InChI is InChI=1S/C42H27N3O/c1-4-14-28(15-5-1)40-35-22-12-13-23-38(35)43-42(44-40)37-27-36-33-25-24-31(26-39(33)46-41(36)34-21-11-10-20-32(34)37)45(29-16-6-2-7-17-29)30-18-8-3-9-19-30/h1-27H. The first-order chi connectivity index (χ1) is 22.8. The Bertz CT molecular complexity index is 2480. The van der Waals surface area contributed by atoms with Crippen LogP contribution in [0.1, 0.15) is 0 Å². The van der Waals surface area contributed by atoms with Crippen LogP contribution >= 0.6 is 0 Å². The van der Waals surface area contributed by atoms with Gasteiger partial charge in [0.05, 0.1) is 11.2 Å². The third-order valence-electron chi connectivity index (χ3n) is 8.64. The van der Waals surface area contributed by atoms with E-state index in [2.05, 4.69) is 138 Å². The van der Waals surface area contributed by atoms with E-state index >= 15 is 0 Å². The molecule has 0 radical (unpaired) electrons. The number of furan rings is 1. The third kappa shape index (κ3) is 4.31. The van der Waals surface area contributed by atoms with Gasteiger partial charge in [-0.15, -0.1) is 0 Å². The second-order valence-corrected chi connectivity index (χ2v) is 11.4. The van der Waals surface area contributed by atoms with E-state index in [1.165, 1.54) is 0 Å². The van der Waals surface area contributed by atoms with Gasteiger partial charge >= 0.3 is 0 Å². The van der Waals surface area contributed by atoms with Crippen LogP contribution in [0.4, 0.5) is 17.1 Å². The summed E-state index contributed by atoms with van der Waals surface area (Å²) in [5, 5.41) is 5.22. The molecule has 0 aliphatic heterocycles. The molecule has 0 N–H and O–H groups in total. The van der Waals surface area contributed by atoms with E-state index < -0.39 is 0 Å². The Labute approximate surface area is 265 Å². The lowest BCUT2D eigenvalue weighted by Gasteiger charge is -2.25. The lowest BCUT2D eigenvalue weighted by atomic mass is 9.99. The molecule has 7 aromatic carbocycles. The summed E-state index contributed by atoms with van der Waals surface area (Å²) in [6.07, 6.45) is 0. The zero-order valence-electron chi connectivity index (χ0n) is 24.8. The molecule has 0 amide bonds. The number of benzene rings is 7. The number of nitrogens with zero attached hydrogens (tertiary/aromatic N) is 3. The molecule has 0 spiro atoms. The van der Waals surface area contributed by atoms with Crippen LogP contribution in [0.15, 0.2) is 168 Å². The van der Waals surface area contributed by atoms with Gasteiger partial charge in [0.2, 0.25) is 0 Å². The summed E-state index contributed by atoms with van der Waals surface area (Å²) in [6.45, 7) is 0. The van der Waals surface area contributed by atoms with Crippen LogP contribution in [0.3, 0.4) is 0 Å². The van der Waals surface area contributed by atoms with Gasteiger partial charge in [-0.1, -0.05) is 109 Å². The van der Waals surface area contributed by atoms with E-state index in [1.54, 1.807) is 0 Å². The largest absolute Gasteiger partial charge is 0.455 e. The van der Waals surface area contributed by atoms with Crippen LogP contribution in [-0.4, -0.2) is 9.97 Å². The molecule has 2 heterocycles. The zero-order chi connectivity index (χ0) is 30.5. The summed E-state index contributed by atoms with van der Waals surface area (Å²) < 4.78 is 6.71. The summed E-state index contributed by atoms with van der Waals surface area (Å²) in [7, 11) is 0. The van der Waals surface area contributed by atoms with Crippen molar-refractivity contribution in [3.05, 3.63) is 164 Å². The molecule has 0 atom stereocenters. The molecule has 0 fully saturated rings. The second-order valence-electron chi connectivity index (χ2n) is 11.4. The van der Waals surface area contributed by atoms with Crippen molar-refractivity contribution < 1.29 is 4.42 Å². The monoisotopic (exact) mass is 589 g/mol. The fourth-order valence-corrected chi connectivity index (χ4v) is 6.53. The van der Waals surface area contributed by atoms with E-state index in [0.29, 0.717) is 5.82 Å². The summed E-state index contributed by atoms with van der Waals surface area (Å²) in [5.41, 5.74) is 8.77. The maximum Gasteiger partial charge on any atom is 0.161 e. The van der Waals surface area contributed by atoms with Crippen LogP contribution in [0.2, 0.25) is 0 Å². The van der Waals surface area contributed by atoms with Gasteiger partial charge in [0, 0.05) is 55.8 Å². The number of para-hydroxylation sites is 3. The summed E-state index contributed by atoms with van der Waals surface area (Å²) in [6, 6.07) is 56.5. The van der Waals surface area contributed by atoms with Crippen LogP contribution in [0, 0.1) is 0 Å². The normalized spacial score (nSPS) is 11.5. The Morgan fingerprint density at radius 1 is 0.435 bits per heavy atom. The predicted octanol–water partition coefficient (Wildman–Crippen LogP) is 11.5. The Hall–Kier alpha value is -6.26. The number of fused-ring (bicyclic) bond motifs is 6. The Kier molecular flexibility index (Phi) is 6.10. The first-order valence-corrected chi connectivity index (χ1v) is 15.4. The average Bonchev–Trinajstić information content (AvgIpc) is 3.50. The first-order valence-electron chi connectivity index (χ1n) is 15.4. The lowest BCUT2D eigenvalue weighted by Crippen LogP contribution is -2.09. The van der Waals surface area contributed by atoms with Gasteiger partial charge < -0.3 is 9.32 Å². The molecule has 0 unspecified atom stereocenters. The van der Waals surface area contributed by atoms with Crippen LogP contribution < -0.4 is 4.90 Å². The lowest BCUT2D eigenvalue weighted by molar-refractivity contribution is 0.673. The van der Waals surface area contributed by atoms with Gasteiger partial charge in [0.15, 0.2) is 5.82 Å². The average molecular weight is 590 g/mol.